The zero-order valence-corrected chi connectivity index (χ0v) is 20.4. The summed E-state index contributed by atoms with van der Waals surface area (Å²) >= 11 is 0. The fourth-order valence-corrected chi connectivity index (χ4v) is 4.83. The number of nitrogens with zero attached hydrogens (tertiary/aromatic N) is 2. The first kappa shape index (κ1) is 25.2. The van der Waals surface area contributed by atoms with E-state index in [1.165, 1.54) is 23.1 Å². The van der Waals surface area contributed by atoms with E-state index in [0.717, 1.165) is 16.8 Å². The molecule has 0 aromatic heterocycles. The zero-order valence-electron chi connectivity index (χ0n) is 18.8. The third kappa shape index (κ3) is 5.91. The van der Waals surface area contributed by atoms with Gasteiger partial charge >= 0.3 is 26.4 Å². The summed E-state index contributed by atoms with van der Waals surface area (Å²) in [7, 11) is -7.88. The first-order valence-electron chi connectivity index (χ1n) is 10.2. The van der Waals surface area contributed by atoms with Crippen molar-refractivity contribution in [3.63, 3.8) is 0 Å². The molecule has 11 nitrogen and oxygen atoms in total. The van der Waals surface area contributed by atoms with Gasteiger partial charge in [-0.1, -0.05) is 24.3 Å². The Morgan fingerprint density at radius 2 is 1.79 bits per heavy atom. The highest BCUT2D eigenvalue weighted by molar-refractivity contribution is 7.91. The van der Waals surface area contributed by atoms with E-state index in [-0.39, 0.29) is 23.6 Å². The van der Waals surface area contributed by atoms with E-state index in [9.17, 15) is 26.7 Å². The largest absolute Gasteiger partial charge is 0.493 e. The van der Waals surface area contributed by atoms with Gasteiger partial charge in [-0.15, -0.1) is 0 Å². The summed E-state index contributed by atoms with van der Waals surface area (Å²) in [5, 5.41) is 9.66. The molecule has 34 heavy (non-hydrogen) atoms. The average molecular weight is 512 g/mol. The number of aliphatic hydroxyl groups is 1. The molecule has 1 aliphatic heterocycles. The van der Waals surface area contributed by atoms with Crippen molar-refractivity contribution in [2.75, 3.05) is 23.7 Å². The maximum Gasteiger partial charge on any atom is 0.415 e. The first-order chi connectivity index (χ1) is 15.9. The number of carbonyl (C=O) groups excluding carboxylic acids is 1. The number of carbonyl (C=O) groups is 1. The van der Waals surface area contributed by atoms with Crippen molar-refractivity contribution in [2.45, 2.75) is 20.3 Å². The molecule has 184 valence electrons. The molecule has 1 heterocycles. The standard InChI is InChI=1S/C21H25N3O8S2/c1-4-23(5-2)21(26)31-19-13-15(10-11-17(19)24-14-20(25)22-34(24,29)30)12-16-8-6-7-9-18(16)32-33(3,27)28/h6-11,13-14,22,25H,4-5,12H2,1-3H3. The predicted octanol–water partition coefficient (Wildman–Crippen LogP) is 2.47. The van der Waals surface area contributed by atoms with Crippen LogP contribution in [0.3, 0.4) is 0 Å². The van der Waals surface area contributed by atoms with Gasteiger partial charge in [-0.05, 0) is 37.6 Å². The lowest BCUT2D eigenvalue weighted by Gasteiger charge is -2.22. The van der Waals surface area contributed by atoms with E-state index >= 15 is 0 Å². The maximum absolute atomic E-state index is 12.6. The van der Waals surface area contributed by atoms with Crippen LogP contribution in [0.2, 0.25) is 0 Å². The molecule has 0 radical (unpaired) electrons. The molecule has 0 unspecified atom stereocenters. The van der Waals surface area contributed by atoms with Crippen molar-refractivity contribution < 1.29 is 35.7 Å². The van der Waals surface area contributed by atoms with Crippen molar-refractivity contribution in [3.8, 4) is 11.5 Å². The predicted molar refractivity (Wildman–Crippen MR) is 125 cm³/mol. The second-order valence-corrected chi connectivity index (χ2v) is 10.5. The lowest BCUT2D eigenvalue weighted by atomic mass is 10.0. The van der Waals surface area contributed by atoms with Crippen LogP contribution in [0.15, 0.2) is 54.5 Å². The molecule has 13 heteroatoms. The van der Waals surface area contributed by atoms with Crippen molar-refractivity contribution in [3.05, 3.63) is 65.7 Å². The van der Waals surface area contributed by atoms with E-state index in [1.54, 1.807) is 38.1 Å². The first-order valence-corrected chi connectivity index (χ1v) is 13.5. The topological polar surface area (TPSA) is 143 Å². The third-order valence-electron chi connectivity index (χ3n) is 4.82. The Labute approximate surface area is 198 Å². The number of hydrogen-bond acceptors (Lipinski definition) is 8. The monoisotopic (exact) mass is 511 g/mol. The van der Waals surface area contributed by atoms with Gasteiger partial charge in [-0.3, -0.25) is 0 Å². The molecule has 0 aliphatic carbocycles. The Kier molecular flexibility index (Phi) is 7.26. The van der Waals surface area contributed by atoms with E-state index in [1.807, 2.05) is 4.72 Å². The van der Waals surface area contributed by atoms with Crippen molar-refractivity contribution in [1.82, 2.24) is 9.62 Å². The Morgan fingerprint density at radius 3 is 2.38 bits per heavy atom. The van der Waals surface area contributed by atoms with Crippen LogP contribution in [0, 0.1) is 0 Å². The van der Waals surface area contributed by atoms with Crippen LogP contribution < -0.4 is 17.9 Å². The average Bonchev–Trinajstić information content (AvgIpc) is 3.01. The van der Waals surface area contributed by atoms with E-state index < -0.39 is 32.3 Å². The fourth-order valence-electron chi connectivity index (χ4n) is 3.27. The Bertz CT molecular complexity index is 1320. The van der Waals surface area contributed by atoms with Gasteiger partial charge in [-0.2, -0.15) is 16.8 Å². The smallest absolute Gasteiger partial charge is 0.415 e. The van der Waals surface area contributed by atoms with Gasteiger partial charge < -0.3 is 18.9 Å². The number of rotatable bonds is 8. The molecule has 1 aliphatic rings. The van der Waals surface area contributed by atoms with Crippen LogP contribution in [0.4, 0.5) is 10.5 Å². The second-order valence-electron chi connectivity index (χ2n) is 7.33. The highest BCUT2D eigenvalue weighted by Gasteiger charge is 2.32. The minimum absolute atomic E-state index is 0.00137. The number of anilines is 1. The van der Waals surface area contributed by atoms with Gasteiger partial charge in [0.15, 0.2) is 5.75 Å². The minimum Gasteiger partial charge on any atom is -0.493 e. The maximum atomic E-state index is 12.6. The Hall–Kier alpha value is -3.45. The Morgan fingerprint density at radius 1 is 1.12 bits per heavy atom. The summed E-state index contributed by atoms with van der Waals surface area (Å²) in [5.41, 5.74) is 1.14. The van der Waals surface area contributed by atoms with Gasteiger partial charge in [-0.25, -0.2) is 13.8 Å². The molecular formula is C21H25N3O8S2. The summed E-state index contributed by atoms with van der Waals surface area (Å²) < 4.78 is 61.3. The van der Waals surface area contributed by atoms with Gasteiger partial charge in [0.2, 0.25) is 5.88 Å². The number of amides is 1. The van der Waals surface area contributed by atoms with E-state index in [4.69, 9.17) is 8.92 Å². The highest BCUT2D eigenvalue weighted by Crippen LogP contribution is 2.35. The fraction of sp³-hybridized carbons (Fsp3) is 0.286. The summed E-state index contributed by atoms with van der Waals surface area (Å²) in [6.45, 7) is 4.31. The molecular weight excluding hydrogens is 486 g/mol. The Balaban J connectivity index is 2.03. The number of aliphatic hydroxyl groups excluding tert-OH is 1. The second kappa shape index (κ2) is 9.81. The normalized spacial score (nSPS) is 14.8. The van der Waals surface area contributed by atoms with Crippen molar-refractivity contribution in [1.29, 1.82) is 0 Å². The lowest BCUT2D eigenvalue weighted by Crippen LogP contribution is -2.34. The molecule has 2 aromatic rings. The van der Waals surface area contributed by atoms with Gasteiger partial charge in [0.1, 0.15) is 11.4 Å². The lowest BCUT2D eigenvalue weighted by molar-refractivity contribution is 0.157. The van der Waals surface area contributed by atoms with Gasteiger partial charge in [0, 0.05) is 25.1 Å². The summed E-state index contributed by atoms with van der Waals surface area (Å²) in [5.74, 6) is -0.501. The van der Waals surface area contributed by atoms with Gasteiger partial charge in [0.05, 0.1) is 12.5 Å². The van der Waals surface area contributed by atoms with Crippen LogP contribution in [-0.2, 0) is 26.7 Å². The number of ether oxygens (including phenoxy) is 1. The molecule has 0 saturated heterocycles. The van der Waals surface area contributed by atoms with Crippen molar-refractivity contribution in [2.24, 2.45) is 0 Å². The molecule has 0 saturated carbocycles. The highest BCUT2D eigenvalue weighted by atomic mass is 32.2. The number of hydrogen-bond donors (Lipinski definition) is 2. The van der Waals surface area contributed by atoms with Crippen LogP contribution >= 0.6 is 0 Å². The molecule has 3 rings (SSSR count). The molecule has 1 amide bonds. The zero-order chi connectivity index (χ0) is 25.1. The van der Waals surface area contributed by atoms with Crippen LogP contribution in [-0.4, -0.2) is 52.3 Å². The van der Waals surface area contributed by atoms with Gasteiger partial charge in [0.25, 0.3) is 0 Å². The number of benzene rings is 2. The molecule has 0 bridgehead atoms. The SMILES string of the molecule is CCN(CC)C(=O)Oc1cc(Cc2ccccc2OS(C)(=O)=O)ccc1N1C=C(O)NS1(=O)=O. The van der Waals surface area contributed by atoms with Crippen LogP contribution in [0.5, 0.6) is 11.5 Å². The summed E-state index contributed by atoms with van der Waals surface area (Å²) in [6, 6.07) is 11.1. The quantitative estimate of drug-likeness (QED) is 0.515. The molecule has 2 N–H and O–H groups in total. The summed E-state index contributed by atoms with van der Waals surface area (Å²) in [4.78, 5) is 14.0. The third-order valence-corrected chi connectivity index (χ3v) is 6.59. The summed E-state index contributed by atoms with van der Waals surface area (Å²) in [6.07, 6.45) is 1.42. The molecule has 0 spiro atoms. The van der Waals surface area contributed by atoms with E-state index in [2.05, 4.69) is 0 Å². The molecule has 0 fully saturated rings. The van der Waals surface area contributed by atoms with E-state index in [0.29, 0.717) is 24.2 Å². The molecule has 0 atom stereocenters. The minimum atomic E-state index is -4.13. The molecule has 2 aromatic carbocycles. The van der Waals surface area contributed by atoms with Crippen LogP contribution in [0.1, 0.15) is 25.0 Å². The number of para-hydroxylation sites is 1. The van der Waals surface area contributed by atoms with Crippen molar-refractivity contribution >= 4 is 32.1 Å². The van der Waals surface area contributed by atoms with Crippen LogP contribution in [0.25, 0.3) is 0 Å². The number of nitrogens with one attached hydrogen (secondary N) is 1.